The molecule has 0 spiro atoms. The molecule has 0 saturated heterocycles. The molecule has 0 saturated carbocycles. The Morgan fingerprint density at radius 2 is 0.458 bits per heavy atom. The van der Waals surface area contributed by atoms with Gasteiger partial charge >= 0.3 is 0 Å². The highest BCUT2D eigenvalue weighted by molar-refractivity contribution is 7.22. The number of rotatable bonds is 6. The molecule has 2 heterocycles. The van der Waals surface area contributed by atoms with E-state index in [1.807, 2.05) is 0 Å². The van der Waals surface area contributed by atoms with Gasteiger partial charge in [0.1, 0.15) is 0 Å². The van der Waals surface area contributed by atoms with E-state index >= 15 is 0 Å². The maximum absolute atomic E-state index is 2.74. The molecular formula is C55H42N2Si2. The topological polar surface area (TPSA) is 6.48 Å². The van der Waals surface area contributed by atoms with Crippen molar-refractivity contribution in [2.75, 3.05) is 9.80 Å². The Balaban J connectivity index is 1.16. The van der Waals surface area contributed by atoms with Gasteiger partial charge in [-0.05, 0) is 90.4 Å². The van der Waals surface area contributed by atoms with E-state index in [1.165, 1.54) is 81.2 Å². The first-order chi connectivity index (χ1) is 29.2. The number of nitrogens with zero attached hydrogens (tertiary/aromatic N) is 2. The molecule has 0 amide bonds. The summed E-state index contributed by atoms with van der Waals surface area (Å²) in [6.07, 6.45) is 0. The number of benzene rings is 9. The molecule has 0 aliphatic carbocycles. The SMILES string of the molecule is Cc1c(N2c3ccccc3[Si](c3ccccc3)(c3ccccc3)c3ccccc32)cccc1N1c2ccccc2[Si](c2ccccc2)(c2ccccc2)c2ccccc21. The van der Waals surface area contributed by atoms with Gasteiger partial charge in [0.05, 0.1) is 11.4 Å². The highest BCUT2D eigenvalue weighted by Gasteiger charge is 2.50. The lowest BCUT2D eigenvalue weighted by Gasteiger charge is -2.46. The molecule has 0 atom stereocenters. The number of hydrogen-bond acceptors (Lipinski definition) is 2. The third-order valence-corrected chi connectivity index (χ3v) is 22.5. The molecule has 280 valence electrons. The molecule has 9 aromatic rings. The summed E-state index contributed by atoms with van der Waals surface area (Å²) >= 11 is 0. The van der Waals surface area contributed by atoms with Crippen molar-refractivity contribution in [2.45, 2.75) is 6.92 Å². The maximum Gasteiger partial charge on any atom is 0.184 e. The van der Waals surface area contributed by atoms with Gasteiger partial charge in [-0.3, -0.25) is 0 Å². The second-order valence-corrected chi connectivity index (χ2v) is 23.1. The van der Waals surface area contributed by atoms with Crippen LogP contribution in [0.3, 0.4) is 0 Å². The summed E-state index contributed by atoms with van der Waals surface area (Å²) in [4.78, 5) is 5.10. The Bertz CT molecular complexity index is 2590. The van der Waals surface area contributed by atoms with E-state index in [-0.39, 0.29) is 0 Å². The molecular weight excluding hydrogens is 745 g/mol. The first-order valence-corrected chi connectivity index (χ1v) is 24.5. The van der Waals surface area contributed by atoms with Crippen LogP contribution in [0.15, 0.2) is 237 Å². The van der Waals surface area contributed by atoms with E-state index in [0.29, 0.717) is 0 Å². The second-order valence-electron chi connectivity index (χ2n) is 15.6. The zero-order valence-electron chi connectivity index (χ0n) is 32.9. The molecule has 0 unspecified atom stereocenters. The third kappa shape index (κ3) is 5.10. The Kier molecular flexibility index (Phi) is 8.43. The van der Waals surface area contributed by atoms with Crippen LogP contribution in [-0.2, 0) is 0 Å². The molecule has 0 bridgehead atoms. The lowest BCUT2D eigenvalue weighted by atomic mass is 10.1. The van der Waals surface area contributed by atoms with Crippen LogP contribution in [0, 0.1) is 6.92 Å². The van der Waals surface area contributed by atoms with Crippen LogP contribution in [0.2, 0.25) is 0 Å². The van der Waals surface area contributed by atoms with Crippen molar-refractivity contribution in [1.29, 1.82) is 0 Å². The van der Waals surface area contributed by atoms with Gasteiger partial charge in [0.15, 0.2) is 16.1 Å². The first kappa shape index (κ1) is 35.2. The molecule has 11 rings (SSSR count). The van der Waals surface area contributed by atoms with E-state index in [2.05, 4.69) is 253 Å². The van der Waals surface area contributed by atoms with E-state index in [1.54, 1.807) is 0 Å². The molecule has 2 nitrogen and oxygen atoms in total. The largest absolute Gasteiger partial charge is 0.310 e. The van der Waals surface area contributed by atoms with E-state index in [4.69, 9.17) is 0 Å². The number of anilines is 6. The molecule has 0 fully saturated rings. The van der Waals surface area contributed by atoms with Gasteiger partial charge in [0, 0.05) is 22.7 Å². The lowest BCUT2D eigenvalue weighted by molar-refractivity contribution is 1.21. The molecule has 2 aliphatic heterocycles. The Morgan fingerprint density at radius 1 is 0.237 bits per heavy atom. The van der Waals surface area contributed by atoms with Crippen molar-refractivity contribution in [2.24, 2.45) is 0 Å². The Morgan fingerprint density at radius 3 is 0.729 bits per heavy atom. The van der Waals surface area contributed by atoms with Gasteiger partial charge in [-0.1, -0.05) is 200 Å². The van der Waals surface area contributed by atoms with Gasteiger partial charge in [-0.2, -0.15) is 0 Å². The first-order valence-electron chi connectivity index (χ1n) is 20.5. The Labute approximate surface area is 349 Å². The zero-order chi connectivity index (χ0) is 39.4. The van der Waals surface area contributed by atoms with E-state index in [9.17, 15) is 0 Å². The fourth-order valence-corrected chi connectivity index (χ4v) is 20.6. The van der Waals surface area contributed by atoms with Gasteiger partial charge in [-0.25, -0.2) is 0 Å². The van der Waals surface area contributed by atoms with Gasteiger partial charge < -0.3 is 9.80 Å². The summed E-state index contributed by atoms with van der Waals surface area (Å²) in [6.45, 7) is 2.32. The quantitative estimate of drug-likeness (QED) is 0.157. The standard InChI is InChI=1S/C55H42N2Si2/c1-41-46(56-48-31-14-18-37-52(48)58(42-23-6-2-7-24-42,43-25-8-3-9-26-43)53-38-19-15-32-49(53)56)35-22-36-47(41)57-50-33-16-20-39-54(50)59(44-27-10-4-11-28-44,45-29-12-5-13-30-45)55-40-21-17-34-51(55)57/h2-40H,1H3. The Hall–Kier alpha value is -6.99. The van der Waals surface area contributed by atoms with E-state index < -0.39 is 16.1 Å². The van der Waals surface area contributed by atoms with Crippen molar-refractivity contribution >= 4 is 91.8 Å². The molecule has 0 radical (unpaired) electrons. The highest BCUT2D eigenvalue weighted by atomic mass is 28.3. The van der Waals surface area contributed by atoms with Crippen LogP contribution in [0.4, 0.5) is 34.1 Å². The fraction of sp³-hybridized carbons (Fsp3) is 0.0182. The molecule has 59 heavy (non-hydrogen) atoms. The minimum atomic E-state index is -2.74. The van der Waals surface area contributed by atoms with Crippen LogP contribution in [-0.4, -0.2) is 16.1 Å². The smallest absolute Gasteiger partial charge is 0.184 e. The summed E-state index contributed by atoms with van der Waals surface area (Å²) in [7, 11) is -5.47. The predicted octanol–water partition coefficient (Wildman–Crippen LogP) is 8.32. The monoisotopic (exact) mass is 786 g/mol. The average molecular weight is 787 g/mol. The third-order valence-electron chi connectivity index (χ3n) is 12.8. The summed E-state index contributed by atoms with van der Waals surface area (Å²) in [6, 6.07) is 88.7. The minimum absolute atomic E-state index is 1.18. The molecule has 0 aromatic heterocycles. The normalized spacial score (nSPS) is 14.4. The average Bonchev–Trinajstić information content (AvgIpc) is 3.31. The van der Waals surface area contributed by atoms with Crippen LogP contribution in [0.1, 0.15) is 5.56 Å². The van der Waals surface area contributed by atoms with Crippen molar-refractivity contribution in [3.05, 3.63) is 242 Å². The number of fused-ring (bicyclic) bond motifs is 4. The maximum atomic E-state index is 2.55. The van der Waals surface area contributed by atoms with Crippen LogP contribution in [0.5, 0.6) is 0 Å². The van der Waals surface area contributed by atoms with Crippen LogP contribution in [0.25, 0.3) is 0 Å². The van der Waals surface area contributed by atoms with Gasteiger partial charge in [0.25, 0.3) is 0 Å². The fourth-order valence-electron chi connectivity index (χ4n) is 10.4. The molecule has 2 aliphatic rings. The van der Waals surface area contributed by atoms with E-state index in [0.717, 1.165) is 0 Å². The summed E-state index contributed by atoms with van der Waals surface area (Å²) in [5.41, 5.74) is 8.55. The molecule has 9 aromatic carbocycles. The van der Waals surface area contributed by atoms with Crippen molar-refractivity contribution in [3.8, 4) is 0 Å². The molecule has 0 N–H and O–H groups in total. The second kappa shape index (κ2) is 14.1. The number of para-hydroxylation sites is 4. The van der Waals surface area contributed by atoms with Crippen molar-refractivity contribution in [1.82, 2.24) is 0 Å². The lowest BCUT2D eigenvalue weighted by Crippen LogP contribution is -2.77. The van der Waals surface area contributed by atoms with Crippen LogP contribution < -0.4 is 51.3 Å². The number of hydrogen-bond donors (Lipinski definition) is 0. The predicted molar refractivity (Wildman–Crippen MR) is 255 cm³/mol. The van der Waals surface area contributed by atoms with Gasteiger partial charge in [-0.15, -0.1) is 0 Å². The van der Waals surface area contributed by atoms with Crippen molar-refractivity contribution < 1.29 is 0 Å². The molecule has 4 heteroatoms. The summed E-state index contributed by atoms with van der Waals surface area (Å²) in [5.74, 6) is 0. The minimum Gasteiger partial charge on any atom is -0.310 e. The summed E-state index contributed by atoms with van der Waals surface area (Å²) < 4.78 is 0. The van der Waals surface area contributed by atoms with Crippen molar-refractivity contribution in [3.63, 3.8) is 0 Å². The summed E-state index contributed by atoms with van der Waals surface area (Å²) in [5, 5.41) is 11.2. The van der Waals surface area contributed by atoms with Crippen LogP contribution >= 0.6 is 0 Å². The highest BCUT2D eigenvalue weighted by Crippen LogP contribution is 2.46. The zero-order valence-corrected chi connectivity index (χ0v) is 34.9. The van der Waals surface area contributed by atoms with Gasteiger partial charge in [0.2, 0.25) is 0 Å².